The van der Waals surface area contributed by atoms with Crippen LogP contribution in [0.5, 0.6) is 0 Å². The smallest absolute Gasteiger partial charge is 0.272 e. The summed E-state index contributed by atoms with van der Waals surface area (Å²) in [7, 11) is 3.43. The normalized spacial score (nSPS) is 9.77. The van der Waals surface area contributed by atoms with Crippen LogP contribution in [0, 0.1) is 0 Å². The third kappa shape index (κ3) is 2.28. The molecule has 1 amide bonds. The number of amides is 1. The Kier molecular flexibility index (Phi) is 3.42. The Morgan fingerprint density at radius 1 is 1.62 bits per heavy atom. The number of halogens is 1. The highest BCUT2D eigenvalue weighted by Gasteiger charge is 2.12. The van der Waals surface area contributed by atoms with Crippen molar-refractivity contribution in [2.45, 2.75) is 5.33 Å². The monoisotopic (exact) mass is 242 g/mol. The molecule has 0 radical (unpaired) electrons. The molecule has 0 aliphatic rings. The summed E-state index contributed by atoms with van der Waals surface area (Å²) in [6, 6.07) is 3.71. The molecule has 1 heterocycles. The number of carbonyl (C=O) groups is 1. The van der Waals surface area contributed by atoms with Crippen LogP contribution in [-0.4, -0.2) is 29.9 Å². The first kappa shape index (κ1) is 10.2. The molecule has 0 saturated heterocycles. The zero-order valence-corrected chi connectivity index (χ0v) is 9.21. The maximum Gasteiger partial charge on any atom is 0.272 e. The molecule has 0 aromatic carbocycles. The van der Waals surface area contributed by atoms with Crippen molar-refractivity contribution in [1.29, 1.82) is 0 Å². The van der Waals surface area contributed by atoms with Crippen molar-refractivity contribution in [1.82, 2.24) is 9.88 Å². The molecule has 0 unspecified atom stereocenters. The maximum absolute atomic E-state index is 11.6. The molecule has 1 aromatic rings. The highest BCUT2D eigenvalue weighted by Crippen LogP contribution is 2.10. The second-order valence-electron chi connectivity index (χ2n) is 2.84. The summed E-state index contributed by atoms with van der Waals surface area (Å²) >= 11 is 3.32. The van der Waals surface area contributed by atoms with E-state index in [1.54, 1.807) is 20.3 Å². The minimum atomic E-state index is -0.0601. The van der Waals surface area contributed by atoms with Crippen LogP contribution < -0.4 is 0 Å². The van der Waals surface area contributed by atoms with Gasteiger partial charge in [-0.15, -0.1) is 0 Å². The van der Waals surface area contributed by atoms with Crippen molar-refractivity contribution >= 4 is 21.8 Å². The van der Waals surface area contributed by atoms with E-state index in [1.165, 1.54) is 4.90 Å². The van der Waals surface area contributed by atoms with Crippen LogP contribution in [0.25, 0.3) is 0 Å². The number of alkyl halides is 1. The Hall–Kier alpha value is -0.900. The fraction of sp³-hybridized carbons (Fsp3) is 0.333. The first-order chi connectivity index (χ1) is 6.16. The number of nitrogens with zero attached hydrogens (tertiary/aromatic N) is 2. The second-order valence-corrected chi connectivity index (χ2v) is 3.41. The number of hydrogen-bond donors (Lipinski definition) is 0. The molecular formula is C9H11BrN2O. The van der Waals surface area contributed by atoms with Crippen LogP contribution in [-0.2, 0) is 5.33 Å². The Bertz CT molecular complexity index is 312. The molecule has 70 valence electrons. The lowest BCUT2D eigenvalue weighted by molar-refractivity contribution is 0.0821. The standard InChI is InChI=1S/C9H11BrN2O/c1-12(2)9(13)8-7(6-10)4-3-5-11-8/h3-5H,6H2,1-2H3. The van der Waals surface area contributed by atoms with Gasteiger partial charge in [0.05, 0.1) is 0 Å². The summed E-state index contributed by atoms with van der Waals surface area (Å²) in [5, 5.41) is 0.649. The first-order valence-corrected chi connectivity index (χ1v) is 5.00. The minimum Gasteiger partial charge on any atom is -0.343 e. The highest BCUT2D eigenvalue weighted by molar-refractivity contribution is 9.08. The number of rotatable bonds is 2. The van der Waals surface area contributed by atoms with Gasteiger partial charge in [0.1, 0.15) is 5.69 Å². The quantitative estimate of drug-likeness (QED) is 0.740. The van der Waals surface area contributed by atoms with E-state index < -0.39 is 0 Å². The summed E-state index contributed by atoms with van der Waals surface area (Å²) in [5.74, 6) is -0.0601. The molecule has 0 bridgehead atoms. The van der Waals surface area contributed by atoms with E-state index in [2.05, 4.69) is 20.9 Å². The molecule has 0 spiro atoms. The Balaban J connectivity index is 3.06. The lowest BCUT2D eigenvalue weighted by Gasteiger charge is -2.11. The number of aromatic nitrogens is 1. The topological polar surface area (TPSA) is 33.2 Å². The number of hydrogen-bond acceptors (Lipinski definition) is 2. The van der Waals surface area contributed by atoms with Crippen molar-refractivity contribution in [2.24, 2.45) is 0 Å². The van der Waals surface area contributed by atoms with E-state index >= 15 is 0 Å². The van der Waals surface area contributed by atoms with Gasteiger partial charge in [0.15, 0.2) is 0 Å². The van der Waals surface area contributed by atoms with Gasteiger partial charge >= 0.3 is 0 Å². The number of pyridine rings is 1. The molecule has 13 heavy (non-hydrogen) atoms. The van der Waals surface area contributed by atoms with E-state index in [9.17, 15) is 4.79 Å². The minimum absolute atomic E-state index is 0.0601. The van der Waals surface area contributed by atoms with Crippen molar-refractivity contribution in [3.05, 3.63) is 29.6 Å². The predicted molar refractivity (Wildman–Crippen MR) is 54.9 cm³/mol. The lowest BCUT2D eigenvalue weighted by Crippen LogP contribution is -2.23. The van der Waals surface area contributed by atoms with Crippen LogP contribution in [0.2, 0.25) is 0 Å². The second kappa shape index (κ2) is 4.37. The van der Waals surface area contributed by atoms with E-state index in [4.69, 9.17) is 0 Å². The summed E-state index contributed by atoms with van der Waals surface area (Å²) in [5.41, 5.74) is 1.44. The van der Waals surface area contributed by atoms with Gasteiger partial charge in [-0.3, -0.25) is 9.78 Å². The van der Waals surface area contributed by atoms with E-state index in [0.29, 0.717) is 11.0 Å². The summed E-state index contributed by atoms with van der Waals surface area (Å²) < 4.78 is 0. The van der Waals surface area contributed by atoms with Crippen LogP contribution in [0.4, 0.5) is 0 Å². The van der Waals surface area contributed by atoms with Crippen molar-refractivity contribution in [2.75, 3.05) is 14.1 Å². The van der Waals surface area contributed by atoms with Gasteiger partial charge in [-0.25, -0.2) is 0 Å². The van der Waals surface area contributed by atoms with Crippen molar-refractivity contribution in [3.8, 4) is 0 Å². The van der Waals surface area contributed by atoms with Gasteiger partial charge in [-0.2, -0.15) is 0 Å². The Labute approximate surface area is 85.9 Å². The van der Waals surface area contributed by atoms with Crippen LogP contribution in [0.15, 0.2) is 18.3 Å². The van der Waals surface area contributed by atoms with Crippen LogP contribution in [0.1, 0.15) is 16.1 Å². The number of carbonyl (C=O) groups excluding carboxylic acids is 1. The average molecular weight is 243 g/mol. The lowest BCUT2D eigenvalue weighted by atomic mass is 10.2. The molecule has 1 rings (SSSR count). The zero-order valence-electron chi connectivity index (χ0n) is 7.62. The molecular weight excluding hydrogens is 232 g/mol. The summed E-state index contributed by atoms with van der Waals surface area (Å²) in [6.07, 6.45) is 1.63. The van der Waals surface area contributed by atoms with E-state index in [-0.39, 0.29) is 5.91 Å². The Morgan fingerprint density at radius 2 is 2.31 bits per heavy atom. The molecule has 0 aliphatic heterocycles. The van der Waals surface area contributed by atoms with Gasteiger partial charge in [-0.1, -0.05) is 22.0 Å². The highest BCUT2D eigenvalue weighted by atomic mass is 79.9. The maximum atomic E-state index is 11.6. The molecule has 0 saturated carbocycles. The van der Waals surface area contributed by atoms with E-state index in [1.807, 2.05) is 12.1 Å². The van der Waals surface area contributed by atoms with Gasteiger partial charge in [-0.05, 0) is 11.6 Å². The third-order valence-electron chi connectivity index (χ3n) is 1.64. The molecule has 4 heteroatoms. The third-order valence-corrected chi connectivity index (χ3v) is 2.25. The van der Waals surface area contributed by atoms with Crippen LogP contribution in [0.3, 0.4) is 0 Å². The van der Waals surface area contributed by atoms with Crippen LogP contribution >= 0.6 is 15.9 Å². The van der Waals surface area contributed by atoms with E-state index in [0.717, 1.165) is 5.56 Å². The largest absolute Gasteiger partial charge is 0.343 e. The molecule has 0 aliphatic carbocycles. The fourth-order valence-electron chi connectivity index (χ4n) is 0.951. The van der Waals surface area contributed by atoms with Gasteiger partial charge in [0.25, 0.3) is 5.91 Å². The molecule has 3 nitrogen and oxygen atoms in total. The predicted octanol–water partition coefficient (Wildman–Crippen LogP) is 1.68. The molecule has 0 atom stereocenters. The Morgan fingerprint density at radius 3 is 2.85 bits per heavy atom. The summed E-state index contributed by atoms with van der Waals surface area (Å²) in [4.78, 5) is 17.1. The van der Waals surface area contributed by atoms with Crippen molar-refractivity contribution < 1.29 is 4.79 Å². The first-order valence-electron chi connectivity index (χ1n) is 3.88. The molecule has 1 aromatic heterocycles. The molecule has 0 N–H and O–H groups in total. The van der Waals surface area contributed by atoms with Gasteiger partial charge in [0, 0.05) is 25.6 Å². The molecule has 0 fully saturated rings. The van der Waals surface area contributed by atoms with Crippen molar-refractivity contribution in [3.63, 3.8) is 0 Å². The van der Waals surface area contributed by atoms with Gasteiger partial charge in [0.2, 0.25) is 0 Å². The van der Waals surface area contributed by atoms with Gasteiger partial charge < -0.3 is 4.90 Å². The zero-order chi connectivity index (χ0) is 9.84. The SMILES string of the molecule is CN(C)C(=O)c1ncccc1CBr. The summed E-state index contributed by atoms with van der Waals surface area (Å²) in [6.45, 7) is 0. The fourth-order valence-corrected chi connectivity index (χ4v) is 1.40. The average Bonchev–Trinajstić information content (AvgIpc) is 2.16.